The third-order valence-electron chi connectivity index (χ3n) is 4.34. The molecule has 2 aromatic rings. The van der Waals surface area contributed by atoms with Crippen molar-refractivity contribution < 1.29 is 9.63 Å². The number of hydrogen-bond acceptors (Lipinski definition) is 5. The fourth-order valence-corrected chi connectivity index (χ4v) is 3.12. The van der Waals surface area contributed by atoms with E-state index in [-0.39, 0.29) is 0 Å². The number of aromatic nitrogens is 2. The summed E-state index contributed by atoms with van der Waals surface area (Å²) in [4.78, 5) is 6.74. The zero-order valence-electron chi connectivity index (χ0n) is 13.0. The molecule has 5 nitrogen and oxygen atoms in total. The lowest BCUT2D eigenvalue weighted by molar-refractivity contribution is 0.116. The summed E-state index contributed by atoms with van der Waals surface area (Å²) in [5.74, 6) is 1.44. The molecule has 1 aromatic carbocycles. The maximum atomic E-state index is 10.4. The van der Waals surface area contributed by atoms with Gasteiger partial charge in [-0.05, 0) is 31.4 Å². The molecule has 5 heteroatoms. The van der Waals surface area contributed by atoms with E-state index >= 15 is 0 Å². The topological polar surface area (TPSA) is 62.4 Å². The van der Waals surface area contributed by atoms with Gasteiger partial charge in [-0.15, -0.1) is 0 Å². The molecule has 0 radical (unpaired) electrons. The first-order valence-corrected chi connectivity index (χ1v) is 8.04. The third kappa shape index (κ3) is 3.54. The molecule has 0 spiro atoms. The Balaban J connectivity index is 1.60. The number of hydrogen-bond donors (Lipinski definition) is 1. The minimum absolute atomic E-state index is 0.374. The van der Waals surface area contributed by atoms with Gasteiger partial charge in [0.2, 0.25) is 5.89 Å². The molecule has 1 saturated heterocycles. The van der Waals surface area contributed by atoms with Gasteiger partial charge in [-0.25, -0.2) is 0 Å². The second-order valence-corrected chi connectivity index (χ2v) is 5.89. The standard InChI is InChI=1S/C17H23N3O2/c1-2-17-18-16(19-22-17)12-20-10-6-9-14(20)11-15(21)13-7-4-3-5-8-13/h3-5,7-8,14-15,21H,2,6,9-12H2,1H3. The molecule has 2 unspecified atom stereocenters. The highest BCUT2D eigenvalue weighted by Crippen LogP contribution is 2.28. The van der Waals surface area contributed by atoms with Crippen LogP contribution in [0.15, 0.2) is 34.9 Å². The molecule has 1 aromatic heterocycles. The summed E-state index contributed by atoms with van der Waals surface area (Å²) in [7, 11) is 0. The molecule has 1 N–H and O–H groups in total. The van der Waals surface area contributed by atoms with Crippen molar-refractivity contribution in [1.82, 2.24) is 15.0 Å². The van der Waals surface area contributed by atoms with Gasteiger partial charge >= 0.3 is 0 Å². The lowest BCUT2D eigenvalue weighted by atomic mass is 10.0. The van der Waals surface area contributed by atoms with Crippen molar-refractivity contribution in [1.29, 1.82) is 0 Å². The molecular weight excluding hydrogens is 278 g/mol. The van der Waals surface area contributed by atoms with Crippen LogP contribution in [0.2, 0.25) is 0 Å². The molecule has 0 saturated carbocycles. The number of likely N-dealkylation sites (tertiary alicyclic amines) is 1. The first-order valence-electron chi connectivity index (χ1n) is 8.04. The van der Waals surface area contributed by atoms with Crippen LogP contribution in [0.1, 0.15) is 49.6 Å². The SMILES string of the molecule is CCc1nc(CN2CCCC2CC(O)c2ccccc2)no1. The average Bonchev–Trinajstić information content (AvgIpc) is 3.18. The van der Waals surface area contributed by atoms with E-state index in [1.54, 1.807) is 0 Å². The smallest absolute Gasteiger partial charge is 0.226 e. The van der Waals surface area contributed by atoms with E-state index in [2.05, 4.69) is 15.0 Å². The van der Waals surface area contributed by atoms with Crippen LogP contribution in [0.4, 0.5) is 0 Å². The maximum Gasteiger partial charge on any atom is 0.226 e. The Morgan fingerprint density at radius 3 is 2.91 bits per heavy atom. The summed E-state index contributed by atoms with van der Waals surface area (Å²) in [6.07, 6.45) is 3.38. The Morgan fingerprint density at radius 1 is 1.36 bits per heavy atom. The van der Waals surface area contributed by atoms with E-state index in [1.807, 2.05) is 37.3 Å². The van der Waals surface area contributed by atoms with Crippen LogP contribution in [0.25, 0.3) is 0 Å². The Labute approximate surface area is 131 Å². The molecule has 1 fully saturated rings. The van der Waals surface area contributed by atoms with Gasteiger partial charge in [0.05, 0.1) is 12.6 Å². The van der Waals surface area contributed by atoms with E-state index < -0.39 is 6.10 Å². The maximum absolute atomic E-state index is 10.4. The van der Waals surface area contributed by atoms with Crippen molar-refractivity contribution in [3.63, 3.8) is 0 Å². The zero-order valence-corrected chi connectivity index (χ0v) is 13.0. The quantitative estimate of drug-likeness (QED) is 0.889. The second-order valence-electron chi connectivity index (χ2n) is 5.89. The predicted octanol–water partition coefficient (Wildman–Crippen LogP) is 2.72. The van der Waals surface area contributed by atoms with Gasteiger partial charge in [0.15, 0.2) is 5.82 Å². The van der Waals surface area contributed by atoms with Crippen LogP contribution in [-0.2, 0) is 13.0 Å². The van der Waals surface area contributed by atoms with Gasteiger partial charge in [0.25, 0.3) is 0 Å². The van der Waals surface area contributed by atoms with Crippen molar-refractivity contribution in [2.45, 2.75) is 51.3 Å². The normalized spacial score (nSPS) is 20.4. The largest absolute Gasteiger partial charge is 0.388 e. The highest BCUT2D eigenvalue weighted by Gasteiger charge is 2.28. The first-order chi connectivity index (χ1) is 10.8. The van der Waals surface area contributed by atoms with Gasteiger partial charge in [-0.1, -0.05) is 42.4 Å². The fraction of sp³-hybridized carbons (Fsp3) is 0.529. The molecule has 1 aliphatic heterocycles. The monoisotopic (exact) mass is 301 g/mol. The van der Waals surface area contributed by atoms with Crippen LogP contribution >= 0.6 is 0 Å². The molecule has 118 valence electrons. The second kappa shape index (κ2) is 7.03. The fourth-order valence-electron chi connectivity index (χ4n) is 3.12. The van der Waals surface area contributed by atoms with Crippen LogP contribution in [-0.4, -0.2) is 32.7 Å². The minimum atomic E-state index is -0.414. The lowest BCUT2D eigenvalue weighted by Gasteiger charge is -2.25. The van der Waals surface area contributed by atoms with E-state index in [0.717, 1.165) is 43.6 Å². The molecule has 22 heavy (non-hydrogen) atoms. The van der Waals surface area contributed by atoms with Crippen molar-refractivity contribution >= 4 is 0 Å². The van der Waals surface area contributed by atoms with E-state index in [0.29, 0.717) is 18.5 Å². The minimum Gasteiger partial charge on any atom is -0.388 e. The average molecular weight is 301 g/mol. The van der Waals surface area contributed by atoms with Crippen LogP contribution in [0, 0.1) is 0 Å². The van der Waals surface area contributed by atoms with Gasteiger partial charge in [-0.2, -0.15) is 4.98 Å². The molecular formula is C17H23N3O2. The number of aliphatic hydroxyl groups is 1. The highest BCUT2D eigenvalue weighted by molar-refractivity contribution is 5.17. The van der Waals surface area contributed by atoms with Crippen LogP contribution < -0.4 is 0 Å². The van der Waals surface area contributed by atoms with Gasteiger partial charge in [-0.3, -0.25) is 4.90 Å². The molecule has 2 heterocycles. The van der Waals surface area contributed by atoms with Crippen molar-refractivity contribution in [2.24, 2.45) is 0 Å². The summed E-state index contributed by atoms with van der Waals surface area (Å²) in [5, 5.41) is 14.5. The number of aryl methyl sites for hydroxylation is 1. The zero-order chi connectivity index (χ0) is 15.4. The third-order valence-corrected chi connectivity index (χ3v) is 4.34. The molecule has 3 rings (SSSR count). The molecule has 1 aliphatic rings. The van der Waals surface area contributed by atoms with Gasteiger partial charge < -0.3 is 9.63 Å². The summed E-state index contributed by atoms with van der Waals surface area (Å²) in [6, 6.07) is 10.2. The van der Waals surface area contributed by atoms with E-state index in [4.69, 9.17) is 4.52 Å². The molecule has 0 bridgehead atoms. The molecule has 0 amide bonds. The van der Waals surface area contributed by atoms with Crippen molar-refractivity contribution in [2.75, 3.05) is 6.54 Å². The van der Waals surface area contributed by atoms with Gasteiger partial charge in [0, 0.05) is 12.5 Å². The first kappa shape index (κ1) is 15.2. The predicted molar refractivity (Wildman–Crippen MR) is 83.1 cm³/mol. The van der Waals surface area contributed by atoms with E-state index in [9.17, 15) is 5.11 Å². The Hall–Kier alpha value is -1.72. The summed E-state index contributed by atoms with van der Waals surface area (Å²) in [5.41, 5.74) is 0.988. The van der Waals surface area contributed by atoms with E-state index in [1.165, 1.54) is 0 Å². The lowest BCUT2D eigenvalue weighted by Crippen LogP contribution is -2.30. The summed E-state index contributed by atoms with van der Waals surface area (Å²) >= 11 is 0. The number of rotatable bonds is 6. The van der Waals surface area contributed by atoms with Crippen LogP contribution in [0.5, 0.6) is 0 Å². The summed E-state index contributed by atoms with van der Waals surface area (Å²) < 4.78 is 5.17. The molecule has 2 atom stereocenters. The van der Waals surface area contributed by atoms with Crippen molar-refractivity contribution in [3.05, 3.63) is 47.6 Å². The highest BCUT2D eigenvalue weighted by atomic mass is 16.5. The number of nitrogens with zero attached hydrogens (tertiary/aromatic N) is 3. The van der Waals surface area contributed by atoms with Gasteiger partial charge in [0.1, 0.15) is 0 Å². The summed E-state index contributed by atoms with van der Waals surface area (Å²) in [6.45, 7) is 3.74. The number of benzene rings is 1. The Kier molecular flexibility index (Phi) is 4.85. The van der Waals surface area contributed by atoms with Crippen molar-refractivity contribution in [3.8, 4) is 0 Å². The Bertz CT molecular complexity index is 585. The van der Waals surface area contributed by atoms with Crippen LogP contribution in [0.3, 0.4) is 0 Å². The number of aliphatic hydroxyl groups excluding tert-OH is 1. The Morgan fingerprint density at radius 2 is 2.18 bits per heavy atom. The molecule has 0 aliphatic carbocycles.